The van der Waals surface area contributed by atoms with Gasteiger partial charge in [-0.1, -0.05) is 24.1 Å². The number of aliphatic hydroxyl groups excluding tert-OH is 1. The molecule has 1 nitrogen and oxygen atoms in total. The molecule has 0 amide bonds. The lowest BCUT2D eigenvalue weighted by Crippen LogP contribution is -2.38. The van der Waals surface area contributed by atoms with Crippen LogP contribution in [0.25, 0.3) is 0 Å². The summed E-state index contributed by atoms with van der Waals surface area (Å²) in [6.45, 7) is 0.0956. The molecule has 0 aliphatic heterocycles. The molecule has 1 saturated carbocycles. The third-order valence-corrected chi connectivity index (χ3v) is 3.43. The number of benzene rings is 1. The number of rotatable bonds is 2. The van der Waals surface area contributed by atoms with Crippen molar-refractivity contribution in [2.45, 2.75) is 24.7 Å². The standard InChI is InChI=1S/C11H12ClFO/c12-10-6-8(13)2-3-9(10)11(7-14)4-1-5-11/h2-3,6,14H,1,4-5,7H2. The third-order valence-electron chi connectivity index (χ3n) is 3.12. The zero-order valence-electron chi connectivity index (χ0n) is 7.76. The van der Waals surface area contributed by atoms with E-state index >= 15 is 0 Å². The maximum absolute atomic E-state index is 12.8. The van der Waals surface area contributed by atoms with Crippen LogP contribution in [0.15, 0.2) is 18.2 Å². The highest BCUT2D eigenvalue weighted by Gasteiger charge is 2.39. The quantitative estimate of drug-likeness (QED) is 0.803. The Kier molecular flexibility index (Phi) is 2.50. The second kappa shape index (κ2) is 3.52. The van der Waals surface area contributed by atoms with E-state index in [-0.39, 0.29) is 17.8 Å². The minimum absolute atomic E-state index is 0.0956. The van der Waals surface area contributed by atoms with Crippen molar-refractivity contribution in [3.05, 3.63) is 34.6 Å². The molecule has 0 unspecified atom stereocenters. The Morgan fingerprint density at radius 2 is 2.14 bits per heavy atom. The lowest BCUT2D eigenvalue weighted by Gasteiger charge is -2.41. The average Bonchev–Trinajstić information content (AvgIpc) is 2.07. The smallest absolute Gasteiger partial charge is 0.124 e. The molecule has 1 aliphatic rings. The van der Waals surface area contributed by atoms with E-state index < -0.39 is 0 Å². The van der Waals surface area contributed by atoms with Crippen LogP contribution in [0.4, 0.5) is 4.39 Å². The first kappa shape index (κ1) is 9.94. The van der Waals surface area contributed by atoms with E-state index in [0.717, 1.165) is 24.8 Å². The molecule has 14 heavy (non-hydrogen) atoms. The Bertz CT molecular complexity index is 342. The summed E-state index contributed by atoms with van der Waals surface area (Å²) < 4.78 is 12.8. The van der Waals surface area contributed by atoms with E-state index in [1.165, 1.54) is 12.1 Å². The van der Waals surface area contributed by atoms with Gasteiger partial charge in [-0.25, -0.2) is 4.39 Å². The maximum Gasteiger partial charge on any atom is 0.124 e. The molecule has 1 fully saturated rings. The van der Waals surface area contributed by atoms with E-state index in [0.29, 0.717) is 5.02 Å². The topological polar surface area (TPSA) is 20.2 Å². The molecular weight excluding hydrogens is 203 g/mol. The van der Waals surface area contributed by atoms with Crippen LogP contribution in [0, 0.1) is 5.82 Å². The molecule has 2 rings (SSSR count). The first-order chi connectivity index (χ1) is 6.68. The van der Waals surface area contributed by atoms with Gasteiger partial charge >= 0.3 is 0 Å². The average molecular weight is 215 g/mol. The highest BCUT2D eigenvalue weighted by Crippen LogP contribution is 2.45. The second-order valence-electron chi connectivity index (χ2n) is 3.92. The van der Waals surface area contributed by atoms with E-state index in [2.05, 4.69) is 0 Å². The largest absolute Gasteiger partial charge is 0.395 e. The monoisotopic (exact) mass is 214 g/mol. The molecule has 0 saturated heterocycles. The number of hydrogen-bond donors (Lipinski definition) is 1. The molecule has 0 atom stereocenters. The van der Waals surface area contributed by atoms with E-state index in [4.69, 9.17) is 11.6 Å². The molecule has 0 aromatic heterocycles. The fraction of sp³-hybridized carbons (Fsp3) is 0.455. The molecule has 3 heteroatoms. The lowest BCUT2D eigenvalue weighted by atomic mass is 9.65. The molecule has 0 bridgehead atoms. The van der Waals surface area contributed by atoms with Crippen LogP contribution in [-0.4, -0.2) is 11.7 Å². The summed E-state index contributed by atoms with van der Waals surface area (Å²) in [7, 11) is 0. The van der Waals surface area contributed by atoms with Crippen LogP contribution in [-0.2, 0) is 5.41 Å². The minimum Gasteiger partial charge on any atom is -0.395 e. The van der Waals surface area contributed by atoms with Crippen LogP contribution >= 0.6 is 11.6 Å². The summed E-state index contributed by atoms with van der Waals surface area (Å²) in [6.07, 6.45) is 2.98. The molecule has 0 radical (unpaired) electrons. The number of hydrogen-bond acceptors (Lipinski definition) is 1. The Balaban J connectivity index is 2.40. The minimum atomic E-state index is -0.328. The SMILES string of the molecule is OCC1(c2ccc(F)cc2Cl)CCC1. The Labute approximate surface area is 87.5 Å². The molecule has 1 N–H and O–H groups in total. The van der Waals surface area contributed by atoms with Crippen LogP contribution < -0.4 is 0 Å². The van der Waals surface area contributed by atoms with E-state index in [1.807, 2.05) is 0 Å². The Morgan fingerprint density at radius 1 is 1.43 bits per heavy atom. The van der Waals surface area contributed by atoms with E-state index in [1.54, 1.807) is 6.07 Å². The normalized spacial score (nSPS) is 19.1. The molecule has 1 aromatic carbocycles. The molecule has 0 heterocycles. The van der Waals surface area contributed by atoms with Gasteiger partial charge in [-0.2, -0.15) is 0 Å². The van der Waals surface area contributed by atoms with Crippen molar-refractivity contribution in [1.82, 2.24) is 0 Å². The zero-order chi connectivity index (χ0) is 10.2. The summed E-state index contributed by atoms with van der Waals surface area (Å²) in [6, 6.07) is 4.40. The van der Waals surface area contributed by atoms with Crippen LogP contribution in [0.5, 0.6) is 0 Å². The van der Waals surface area contributed by atoms with Crippen LogP contribution in [0.3, 0.4) is 0 Å². The van der Waals surface area contributed by atoms with Crippen molar-refractivity contribution >= 4 is 11.6 Å². The molecule has 1 aromatic rings. The highest BCUT2D eigenvalue weighted by atomic mass is 35.5. The van der Waals surface area contributed by atoms with Crippen molar-refractivity contribution in [3.8, 4) is 0 Å². The Hall–Kier alpha value is -0.600. The number of aliphatic hydroxyl groups is 1. The van der Waals surface area contributed by atoms with Crippen molar-refractivity contribution in [1.29, 1.82) is 0 Å². The van der Waals surface area contributed by atoms with Gasteiger partial charge in [0, 0.05) is 10.4 Å². The summed E-state index contributed by atoms with van der Waals surface area (Å²) >= 11 is 5.95. The van der Waals surface area contributed by atoms with Gasteiger partial charge in [-0.15, -0.1) is 0 Å². The van der Waals surface area contributed by atoms with Crippen LogP contribution in [0.1, 0.15) is 24.8 Å². The third kappa shape index (κ3) is 1.43. The molecule has 76 valence electrons. The van der Waals surface area contributed by atoms with Gasteiger partial charge in [-0.05, 0) is 30.5 Å². The molecule has 1 aliphatic carbocycles. The van der Waals surface area contributed by atoms with Crippen molar-refractivity contribution in [3.63, 3.8) is 0 Å². The summed E-state index contributed by atoms with van der Waals surface area (Å²) in [5, 5.41) is 9.76. The highest BCUT2D eigenvalue weighted by molar-refractivity contribution is 6.31. The zero-order valence-corrected chi connectivity index (χ0v) is 8.52. The fourth-order valence-corrected chi connectivity index (χ4v) is 2.40. The van der Waals surface area contributed by atoms with Crippen molar-refractivity contribution in [2.75, 3.05) is 6.61 Å². The summed E-state index contributed by atoms with van der Waals surface area (Å²) in [4.78, 5) is 0. The van der Waals surface area contributed by atoms with Crippen LogP contribution in [0.2, 0.25) is 5.02 Å². The van der Waals surface area contributed by atoms with Gasteiger partial charge in [-0.3, -0.25) is 0 Å². The summed E-state index contributed by atoms with van der Waals surface area (Å²) in [5.74, 6) is -0.328. The van der Waals surface area contributed by atoms with Gasteiger partial charge < -0.3 is 5.11 Å². The summed E-state index contributed by atoms with van der Waals surface area (Å²) in [5.41, 5.74) is 0.680. The van der Waals surface area contributed by atoms with Gasteiger partial charge in [0.25, 0.3) is 0 Å². The van der Waals surface area contributed by atoms with Gasteiger partial charge in [0.2, 0.25) is 0 Å². The number of halogens is 2. The predicted octanol–water partition coefficient (Wildman–Crippen LogP) is 2.89. The first-order valence-corrected chi connectivity index (χ1v) is 5.12. The fourth-order valence-electron chi connectivity index (χ4n) is 2.04. The lowest BCUT2D eigenvalue weighted by molar-refractivity contribution is 0.120. The Morgan fingerprint density at radius 3 is 2.57 bits per heavy atom. The first-order valence-electron chi connectivity index (χ1n) is 4.74. The molecular formula is C11H12ClFO. The van der Waals surface area contributed by atoms with Gasteiger partial charge in [0.15, 0.2) is 0 Å². The van der Waals surface area contributed by atoms with Crippen molar-refractivity contribution in [2.24, 2.45) is 0 Å². The second-order valence-corrected chi connectivity index (χ2v) is 4.32. The molecule has 0 spiro atoms. The van der Waals surface area contributed by atoms with Crippen molar-refractivity contribution < 1.29 is 9.50 Å². The predicted molar refractivity (Wildman–Crippen MR) is 54.0 cm³/mol. The van der Waals surface area contributed by atoms with E-state index in [9.17, 15) is 9.50 Å². The maximum atomic E-state index is 12.8. The van der Waals surface area contributed by atoms with Gasteiger partial charge in [0.05, 0.1) is 6.61 Å². The van der Waals surface area contributed by atoms with Gasteiger partial charge in [0.1, 0.15) is 5.82 Å².